The molecule has 0 saturated carbocycles. The van der Waals surface area contributed by atoms with E-state index < -0.39 is 0 Å². The van der Waals surface area contributed by atoms with Crippen molar-refractivity contribution in [3.05, 3.63) is 83.4 Å². The van der Waals surface area contributed by atoms with Crippen LogP contribution in [0.5, 0.6) is 17.2 Å². The third kappa shape index (κ3) is 7.11. The summed E-state index contributed by atoms with van der Waals surface area (Å²) in [5.74, 6) is 2.95. The summed E-state index contributed by atoms with van der Waals surface area (Å²) in [6.45, 7) is 10.8. The van der Waals surface area contributed by atoms with Crippen molar-refractivity contribution >= 4 is 5.69 Å². The Labute approximate surface area is 240 Å². The summed E-state index contributed by atoms with van der Waals surface area (Å²) in [5.41, 5.74) is 4.67. The molecule has 3 aromatic rings. The minimum absolute atomic E-state index is 0.232. The Bertz CT molecular complexity index is 1230. The number of hydrogen-bond acceptors (Lipinski definition) is 5. The maximum Gasteiger partial charge on any atom is 0.127 e. The molecule has 1 N–H and O–H groups in total. The van der Waals surface area contributed by atoms with Gasteiger partial charge in [-0.2, -0.15) is 0 Å². The molecule has 2 unspecified atom stereocenters. The van der Waals surface area contributed by atoms with Crippen molar-refractivity contribution in [2.24, 2.45) is 0 Å². The number of hydrogen-bond donors (Lipinski definition) is 1. The molecule has 5 heteroatoms. The van der Waals surface area contributed by atoms with E-state index in [1.807, 2.05) is 12.1 Å². The quantitative estimate of drug-likeness (QED) is 0.288. The summed E-state index contributed by atoms with van der Waals surface area (Å²) in [4.78, 5) is 2.54. The molecule has 5 nitrogen and oxygen atoms in total. The molecule has 2 aliphatic heterocycles. The second kappa shape index (κ2) is 13.0. The van der Waals surface area contributed by atoms with Gasteiger partial charge in [0, 0.05) is 30.3 Å². The molecule has 1 fully saturated rings. The Hall–Kier alpha value is -3.18. The first kappa shape index (κ1) is 28.4. The van der Waals surface area contributed by atoms with Gasteiger partial charge in [0.15, 0.2) is 0 Å². The summed E-state index contributed by atoms with van der Waals surface area (Å²) in [6.07, 6.45) is 7.25. The SMILES string of the molecule is COc1ccc2c(c1)OC(C)(C)C(c1ccccc1NC(C)Cc1ccc(OCCN3CCCCCC3)cc1)C2. The third-order valence-corrected chi connectivity index (χ3v) is 8.49. The topological polar surface area (TPSA) is 43.0 Å². The Morgan fingerprint density at radius 3 is 2.42 bits per heavy atom. The van der Waals surface area contributed by atoms with Gasteiger partial charge in [0.1, 0.15) is 29.5 Å². The average molecular weight is 543 g/mol. The van der Waals surface area contributed by atoms with Crippen molar-refractivity contribution in [3.8, 4) is 17.2 Å². The number of methoxy groups -OCH3 is 1. The molecule has 0 aliphatic carbocycles. The van der Waals surface area contributed by atoms with E-state index in [0.29, 0.717) is 0 Å². The number of anilines is 1. The van der Waals surface area contributed by atoms with E-state index in [-0.39, 0.29) is 17.6 Å². The predicted octanol–water partition coefficient (Wildman–Crippen LogP) is 7.49. The normalized spacial score (nSPS) is 19.6. The zero-order valence-corrected chi connectivity index (χ0v) is 24.7. The van der Waals surface area contributed by atoms with Crippen molar-refractivity contribution in [1.29, 1.82) is 0 Å². The number of para-hydroxylation sites is 1. The lowest BCUT2D eigenvalue weighted by molar-refractivity contribution is 0.0613. The first-order valence-electron chi connectivity index (χ1n) is 15.1. The van der Waals surface area contributed by atoms with Crippen LogP contribution in [0.25, 0.3) is 0 Å². The summed E-state index contributed by atoms with van der Waals surface area (Å²) < 4.78 is 18.0. The molecule has 0 amide bonds. The predicted molar refractivity (Wildman–Crippen MR) is 164 cm³/mol. The van der Waals surface area contributed by atoms with Gasteiger partial charge in [0.05, 0.1) is 7.11 Å². The smallest absolute Gasteiger partial charge is 0.127 e. The van der Waals surface area contributed by atoms with Crippen molar-refractivity contribution in [2.45, 2.75) is 76.9 Å². The van der Waals surface area contributed by atoms with Crippen molar-refractivity contribution in [2.75, 3.05) is 38.7 Å². The molecule has 2 atom stereocenters. The first-order chi connectivity index (χ1) is 19.4. The van der Waals surface area contributed by atoms with E-state index in [2.05, 4.69) is 85.6 Å². The summed E-state index contributed by atoms with van der Waals surface area (Å²) in [5, 5.41) is 3.81. The highest BCUT2D eigenvalue weighted by atomic mass is 16.5. The molecule has 3 aromatic carbocycles. The van der Waals surface area contributed by atoms with E-state index >= 15 is 0 Å². The molecule has 0 aromatic heterocycles. The summed E-state index contributed by atoms with van der Waals surface area (Å²) >= 11 is 0. The fourth-order valence-electron chi connectivity index (χ4n) is 6.21. The average Bonchev–Trinajstić information content (AvgIpc) is 3.22. The van der Waals surface area contributed by atoms with E-state index in [0.717, 1.165) is 43.2 Å². The highest BCUT2D eigenvalue weighted by Gasteiger charge is 2.39. The van der Waals surface area contributed by atoms with Crippen LogP contribution >= 0.6 is 0 Å². The Kier molecular flexibility index (Phi) is 9.21. The lowest BCUT2D eigenvalue weighted by atomic mass is 9.77. The highest BCUT2D eigenvalue weighted by Crippen LogP contribution is 2.45. The number of benzene rings is 3. The van der Waals surface area contributed by atoms with E-state index in [1.54, 1.807) is 7.11 Å². The number of likely N-dealkylation sites (tertiary alicyclic amines) is 1. The van der Waals surface area contributed by atoms with E-state index in [9.17, 15) is 0 Å². The molecular weight excluding hydrogens is 496 g/mol. The monoisotopic (exact) mass is 542 g/mol. The number of nitrogens with zero attached hydrogens (tertiary/aromatic N) is 1. The standard InChI is InChI=1S/C35H46N2O3/c1-26(23-27-13-16-29(17-14-27)39-22-21-37-19-9-5-6-10-20-37)36-33-12-8-7-11-31(33)32-24-28-15-18-30(38-4)25-34(28)40-35(32,2)3/h7-8,11-18,25-26,32,36H,5-6,9-10,19-24H2,1-4H3. The van der Waals surface area contributed by atoms with Crippen LogP contribution < -0.4 is 19.5 Å². The molecule has 2 heterocycles. The lowest BCUT2D eigenvalue weighted by Crippen LogP contribution is -2.41. The van der Waals surface area contributed by atoms with Gasteiger partial charge in [-0.3, -0.25) is 4.90 Å². The van der Waals surface area contributed by atoms with Crippen LogP contribution in [0.3, 0.4) is 0 Å². The van der Waals surface area contributed by atoms with E-state index in [4.69, 9.17) is 14.2 Å². The fourth-order valence-corrected chi connectivity index (χ4v) is 6.21. The van der Waals surface area contributed by atoms with Crippen molar-refractivity contribution < 1.29 is 14.2 Å². The van der Waals surface area contributed by atoms with Crippen LogP contribution in [-0.2, 0) is 12.8 Å². The minimum atomic E-state index is -0.344. The number of fused-ring (bicyclic) bond motifs is 1. The van der Waals surface area contributed by atoms with E-state index in [1.165, 1.54) is 61.2 Å². The molecule has 1 saturated heterocycles. The first-order valence-corrected chi connectivity index (χ1v) is 15.1. The number of ether oxygens (including phenoxy) is 3. The maximum absolute atomic E-state index is 6.54. The lowest BCUT2D eigenvalue weighted by Gasteiger charge is -2.41. The summed E-state index contributed by atoms with van der Waals surface area (Å²) in [7, 11) is 1.70. The fraction of sp³-hybridized carbons (Fsp3) is 0.486. The highest BCUT2D eigenvalue weighted by molar-refractivity contribution is 5.56. The van der Waals surface area contributed by atoms with Gasteiger partial charge in [-0.25, -0.2) is 0 Å². The van der Waals surface area contributed by atoms with Gasteiger partial charge in [-0.1, -0.05) is 49.2 Å². The zero-order chi connectivity index (χ0) is 28.0. The Balaban J connectivity index is 1.19. The number of rotatable bonds is 10. The third-order valence-electron chi connectivity index (χ3n) is 8.49. The van der Waals surface area contributed by atoms with Gasteiger partial charge in [0.25, 0.3) is 0 Å². The molecule has 40 heavy (non-hydrogen) atoms. The van der Waals surface area contributed by atoms with Gasteiger partial charge in [0.2, 0.25) is 0 Å². The van der Waals surface area contributed by atoms with Crippen molar-refractivity contribution in [1.82, 2.24) is 4.90 Å². The Morgan fingerprint density at radius 1 is 0.950 bits per heavy atom. The molecule has 214 valence electrons. The summed E-state index contributed by atoms with van der Waals surface area (Å²) in [6, 6.07) is 23.8. The zero-order valence-electron chi connectivity index (χ0n) is 24.7. The molecule has 0 radical (unpaired) electrons. The second-order valence-electron chi connectivity index (χ2n) is 12.0. The van der Waals surface area contributed by atoms with Gasteiger partial charge < -0.3 is 19.5 Å². The van der Waals surface area contributed by atoms with Crippen LogP contribution in [0.2, 0.25) is 0 Å². The Morgan fingerprint density at radius 2 is 1.68 bits per heavy atom. The van der Waals surface area contributed by atoms with Crippen LogP contribution in [0.1, 0.15) is 69.1 Å². The van der Waals surface area contributed by atoms with Crippen LogP contribution in [0, 0.1) is 0 Å². The van der Waals surface area contributed by atoms with Crippen molar-refractivity contribution in [3.63, 3.8) is 0 Å². The molecule has 2 aliphatic rings. The van der Waals surface area contributed by atoms with Gasteiger partial charge in [-0.05, 0) is 100 Å². The van der Waals surface area contributed by atoms with Crippen LogP contribution in [0.15, 0.2) is 66.7 Å². The number of nitrogens with one attached hydrogen (secondary N) is 1. The largest absolute Gasteiger partial charge is 0.497 e. The molecule has 0 spiro atoms. The molecule has 5 rings (SSSR count). The maximum atomic E-state index is 6.54. The van der Waals surface area contributed by atoms with Crippen LogP contribution in [0.4, 0.5) is 5.69 Å². The van der Waals surface area contributed by atoms with Crippen LogP contribution in [-0.4, -0.2) is 49.9 Å². The minimum Gasteiger partial charge on any atom is -0.497 e. The second-order valence-corrected chi connectivity index (χ2v) is 12.0. The van der Waals surface area contributed by atoms with Gasteiger partial charge >= 0.3 is 0 Å². The van der Waals surface area contributed by atoms with Gasteiger partial charge in [-0.15, -0.1) is 0 Å². The molecule has 0 bridgehead atoms. The molecular formula is C35H46N2O3.